The summed E-state index contributed by atoms with van der Waals surface area (Å²) in [6.45, 7) is 9.39. The molecule has 0 heterocycles. The molecule has 0 unspecified atom stereocenters. The molecule has 0 rings (SSSR count). The molecule has 0 saturated carbocycles. The maximum Gasteiger partial charge on any atom is 0.672 e. The van der Waals surface area contributed by atoms with Crippen LogP contribution in [0.3, 0.4) is 0 Å². The van der Waals surface area contributed by atoms with Crippen LogP contribution in [-0.4, -0.2) is 57.8 Å². The van der Waals surface area contributed by atoms with Crippen molar-refractivity contribution in [3.63, 3.8) is 0 Å². The Hall–Kier alpha value is 0.294. The first-order valence-electron chi connectivity index (χ1n) is 6.46. The van der Waals surface area contributed by atoms with Gasteiger partial charge in [-0.1, -0.05) is 0 Å². The first-order chi connectivity index (χ1) is 9.67. The fraction of sp³-hybridized carbons (Fsp3) is 1.00. The Labute approximate surface area is 126 Å². The molecule has 0 aromatic rings. The molecule has 4 radical (unpaired) electrons. The second-order valence-corrected chi connectivity index (χ2v) is 6.45. The number of hydrogen-bond acceptors (Lipinski definition) is 7. The highest BCUT2D eigenvalue weighted by Crippen LogP contribution is 2.23. The Bertz CT molecular complexity index is 214. The van der Waals surface area contributed by atoms with E-state index in [0.717, 1.165) is 0 Å². The maximum atomic E-state index is 11.6. The van der Waals surface area contributed by atoms with E-state index in [-0.39, 0.29) is 19.5 Å². The summed E-state index contributed by atoms with van der Waals surface area (Å²) in [5, 5.41) is 0. The van der Waals surface area contributed by atoms with Crippen LogP contribution >= 0.6 is 8.25 Å². The van der Waals surface area contributed by atoms with Gasteiger partial charge >= 0.3 is 27.8 Å². The average Bonchev–Trinajstić information content (AvgIpc) is 2.43. The van der Waals surface area contributed by atoms with Gasteiger partial charge in [-0.25, -0.2) is 0 Å². The molecule has 0 fully saturated rings. The summed E-state index contributed by atoms with van der Waals surface area (Å²) in [6, 6.07) is 0. The molecule has 0 aliphatic carbocycles. The summed E-state index contributed by atoms with van der Waals surface area (Å²) in [7, 11) is -2.65. The second-order valence-electron chi connectivity index (χ2n) is 3.13. The quantitative estimate of drug-likeness (QED) is 0.270. The number of hydrogen-bond donors (Lipinski definition) is 0. The first kappa shape index (κ1) is 20.3. The Kier molecular flexibility index (Phi) is 14.4. The van der Waals surface area contributed by atoms with Crippen LogP contribution < -0.4 is 0 Å². The highest BCUT2D eigenvalue weighted by Gasteiger charge is 2.28. The molecule has 10 heteroatoms. The van der Waals surface area contributed by atoms with E-state index in [4.69, 9.17) is 27.4 Å². The molecule has 0 N–H and O–H groups in total. The minimum absolute atomic E-state index is 0.208. The van der Waals surface area contributed by atoms with Crippen molar-refractivity contribution in [2.24, 2.45) is 0 Å². The van der Waals surface area contributed by atoms with E-state index in [9.17, 15) is 4.57 Å². The van der Waals surface area contributed by atoms with E-state index < -0.39 is 20.1 Å². The lowest BCUT2D eigenvalue weighted by atomic mass is 10.9. The third-order valence-corrected chi connectivity index (χ3v) is 4.81. The van der Waals surface area contributed by atoms with Gasteiger partial charge in [0.15, 0.2) is 11.8 Å². The zero-order chi connectivity index (χ0) is 15.2. The molecule has 7 nitrogen and oxygen atoms in total. The van der Waals surface area contributed by atoms with Gasteiger partial charge < -0.3 is 18.9 Å². The predicted octanol–water partition coefficient (Wildman–Crippen LogP) is 1.63. The lowest BCUT2D eigenvalue weighted by Gasteiger charge is -2.12. The molecule has 0 aromatic carbocycles. The lowest BCUT2D eigenvalue weighted by Crippen LogP contribution is -2.27. The van der Waals surface area contributed by atoms with Crippen LogP contribution in [-0.2, 0) is 31.9 Å². The fourth-order valence-electron chi connectivity index (χ4n) is 1.03. The van der Waals surface area contributed by atoms with Crippen LogP contribution in [0.5, 0.6) is 0 Å². The molecule has 0 aliphatic rings. The molecular formula is C10H22O7PSi2+. The molecular weight excluding hydrogens is 319 g/mol. The lowest BCUT2D eigenvalue weighted by molar-refractivity contribution is -0.0883. The third kappa shape index (κ3) is 11.0. The molecule has 0 spiro atoms. The smallest absolute Gasteiger partial charge is 0.354 e. The van der Waals surface area contributed by atoms with Crippen LogP contribution in [0.1, 0.15) is 27.7 Å². The summed E-state index contributed by atoms with van der Waals surface area (Å²) >= 11 is 0. The van der Waals surface area contributed by atoms with Gasteiger partial charge in [0.05, 0.1) is 0 Å². The fourth-order valence-corrected chi connectivity index (χ4v) is 3.83. The molecule has 116 valence electrons. The third-order valence-electron chi connectivity index (χ3n) is 1.72. The van der Waals surface area contributed by atoms with Gasteiger partial charge in [-0.05, 0) is 27.7 Å². The van der Waals surface area contributed by atoms with Crippen LogP contribution in [0.25, 0.3) is 0 Å². The van der Waals surface area contributed by atoms with Crippen molar-refractivity contribution in [1.29, 1.82) is 0 Å². The van der Waals surface area contributed by atoms with Gasteiger partial charge in [-0.15, -0.1) is 0 Å². The summed E-state index contributed by atoms with van der Waals surface area (Å²) in [6.07, 6.45) is 0. The molecule has 0 aliphatic heterocycles. The summed E-state index contributed by atoms with van der Waals surface area (Å²) in [5.41, 5.74) is 0. The minimum atomic E-state index is -2.23. The van der Waals surface area contributed by atoms with Gasteiger partial charge in [-0.3, -0.25) is 0 Å². The summed E-state index contributed by atoms with van der Waals surface area (Å²) in [5.74, 6) is -1.02. The average molecular weight is 341 g/mol. The summed E-state index contributed by atoms with van der Waals surface area (Å²) < 4.78 is 42.8. The first-order valence-corrected chi connectivity index (χ1v) is 9.53. The zero-order valence-corrected chi connectivity index (χ0v) is 15.2. The second kappa shape index (κ2) is 14.2. The topological polar surface area (TPSA) is 72.5 Å². The Balaban J connectivity index is 3.89. The van der Waals surface area contributed by atoms with Crippen LogP contribution in [0.2, 0.25) is 0 Å². The highest BCUT2D eigenvalue weighted by atomic mass is 31.1. The van der Waals surface area contributed by atoms with Crippen molar-refractivity contribution in [3.8, 4) is 0 Å². The van der Waals surface area contributed by atoms with Crippen molar-refractivity contribution in [3.05, 3.63) is 0 Å². The van der Waals surface area contributed by atoms with Gasteiger partial charge in [0.1, 0.15) is 0 Å². The standard InChI is InChI=1S/C10H22O7PSi2/c1-5-12-9(13-6-2)19-16-18(11)17-20-10(14-7-3)15-8-4/h9-10H,5-8H2,1-4H3/q+1. The molecule has 0 bridgehead atoms. The van der Waals surface area contributed by atoms with E-state index >= 15 is 0 Å². The monoisotopic (exact) mass is 341 g/mol. The molecule has 0 saturated heterocycles. The van der Waals surface area contributed by atoms with Crippen LogP contribution in [0.4, 0.5) is 0 Å². The Morgan fingerprint density at radius 2 is 1.05 bits per heavy atom. The van der Waals surface area contributed by atoms with E-state index in [2.05, 4.69) is 0 Å². The number of rotatable bonds is 14. The van der Waals surface area contributed by atoms with Crippen molar-refractivity contribution in [1.82, 2.24) is 0 Å². The predicted molar refractivity (Wildman–Crippen MR) is 75.4 cm³/mol. The molecule has 20 heavy (non-hydrogen) atoms. The largest absolute Gasteiger partial charge is 0.672 e. The van der Waals surface area contributed by atoms with E-state index in [1.165, 1.54) is 0 Å². The number of ether oxygens (including phenoxy) is 4. The zero-order valence-electron chi connectivity index (χ0n) is 12.3. The molecule has 0 aromatic heterocycles. The van der Waals surface area contributed by atoms with Gasteiger partial charge in [0, 0.05) is 31.0 Å². The summed E-state index contributed by atoms with van der Waals surface area (Å²) in [4.78, 5) is 0. The van der Waals surface area contributed by atoms with E-state index in [0.29, 0.717) is 26.4 Å². The molecule has 0 atom stereocenters. The van der Waals surface area contributed by atoms with Crippen LogP contribution in [0.15, 0.2) is 0 Å². The van der Waals surface area contributed by atoms with E-state index in [1.807, 2.05) is 27.7 Å². The van der Waals surface area contributed by atoms with Crippen molar-refractivity contribution < 1.29 is 31.9 Å². The van der Waals surface area contributed by atoms with Gasteiger partial charge in [-0.2, -0.15) is 8.43 Å². The van der Waals surface area contributed by atoms with Crippen molar-refractivity contribution >= 4 is 27.8 Å². The normalized spacial score (nSPS) is 11.5. The molecule has 0 amide bonds. The van der Waals surface area contributed by atoms with Crippen molar-refractivity contribution in [2.75, 3.05) is 26.4 Å². The maximum absolute atomic E-state index is 11.6. The van der Waals surface area contributed by atoms with Crippen LogP contribution in [0, 0.1) is 0 Å². The SMILES string of the molecule is CCOC(OCC)[Si]O[P+](=O)O[Si]C(OCC)OCC. The Morgan fingerprint density at radius 1 is 0.750 bits per heavy atom. The highest BCUT2D eigenvalue weighted by molar-refractivity contribution is 7.36. The van der Waals surface area contributed by atoms with Gasteiger partial charge in [0.25, 0.3) is 0 Å². The van der Waals surface area contributed by atoms with Gasteiger partial charge in [0.2, 0.25) is 0 Å². The van der Waals surface area contributed by atoms with Crippen molar-refractivity contribution in [2.45, 2.75) is 39.5 Å². The van der Waals surface area contributed by atoms with E-state index in [1.54, 1.807) is 0 Å². The Morgan fingerprint density at radius 3 is 1.30 bits per heavy atom. The minimum Gasteiger partial charge on any atom is -0.354 e.